The van der Waals surface area contributed by atoms with Gasteiger partial charge in [0.05, 0.1) is 0 Å². The highest BCUT2D eigenvalue weighted by Crippen LogP contribution is 2.43. The summed E-state index contributed by atoms with van der Waals surface area (Å²) >= 11 is 1.34. The van der Waals surface area contributed by atoms with Crippen molar-refractivity contribution in [3.63, 3.8) is 0 Å². The zero-order chi connectivity index (χ0) is 27.8. The van der Waals surface area contributed by atoms with Gasteiger partial charge in [0.25, 0.3) is 0 Å². The molecule has 1 aliphatic carbocycles. The zero-order valence-corrected chi connectivity index (χ0v) is 24.0. The van der Waals surface area contributed by atoms with E-state index in [9.17, 15) is 14.7 Å². The fourth-order valence-electron chi connectivity index (χ4n) is 5.56. The number of carbonyl (C=O) groups is 2. The SMILES string of the molecule is CC.CC1CCC(C2=C(c3cc(-c4ccccc4)sc3C(=O)O)CCN(C(=O)OCc3ccccc3)C2)CC1. The number of carboxylic acids is 1. The maximum Gasteiger partial charge on any atom is 0.410 e. The van der Waals surface area contributed by atoms with E-state index in [2.05, 4.69) is 6.92 Å². The lowest BCUT2D eigenvalue weighted by Crippen LogP contribution is -2.39. The van der Waals surface area contributed by atoms with Crippen molar-refractivity contribution >= 4 is 29.0 Å². The van der Waals surface area contributed by atoms with Crippen LogP contribution in [0.5, 0.6) is 0 Å². The van der Waals surface area contributed by atoms with Crippen LogP contribution in [0.15, 0.2) is 72.3 Å². The standard InChI is InChI=1S/C31H33NO4S.C2H6/c1-21-12-14-23(15-13-21)27-19-32(31(35)36-20-22-8-4-2-5-9-22)17-16-25(27)26-18-28(37-29(26)30(33)34)24-10-6-3-7-11-24;1-2/h2-11,18,21,23H,12-17,19-20H2,1H3,(H,33,34);1-2H3. The molecule has 0 spiro atoms. The van der Waals surface area contributed by atoms with E-state index in [1.807, 2.05) is 80.6 Å². The van der Waals surface area contributed by atoms with Gasteiger partial charge in [-0.15, -0.1) is 11.3 Å². The number of hydrogen-bond acceptors (Lipinski definition) is 4. The summed E-state index contributed by atoms with van der Waals surface area (Å²) < 4.78 is 5.66. The molecule has 1 aromatic heterocycles. The van der Waals surface area contributed by atoms with Crippen LogP contribution in [0.1, 0.15) is 73.7 Å². The van der Waals surface area contributed by atoms with Crippen molar-refractivity contribution < 1.29 is 19.4 Å². The number of ether oxygens (including phenoxy) is 1. The molecule has 1 N–H and O–H groups in total. The van der Waals surface area contributed by atoms with Gasteiger partial charge in [-0.2, -0.15) is 0 Å². The Morgan fingerprint density at radius 2 is 1.62 bits per heavy atom. The summed E-state index contributed by atoms with van der Waals surface area (Å²) in [5, 5.41) is 10.1. The van der Waals surface area contributed by atoms with Crippen molar-refractivity contribution in [3.8, 4) is 10.4 Å². The minimum atomic E-state index is -0.893. The first-order chi connectivity index (χ1) is 19.0. The molecule has 6 heteroatoms. The van der Waals surface area contributed by atoms with Gasteiger partial charge < -0.3 is 14.7 Å². The Morgan fingerprint density at radius 1 is 0.974 bits per heavy atom. The summed E-state index contributed by atoms with van der Waals surface area (Å²) in [6.45, 7) is 7.56. The van der Waals surface area contributed by atoms with Gasteiger partial charge in [-0.3, -0.25) is 0 Å². The second-order valence-corrected chi connectivity index (χ2v) is 11.2. The highest BCUT2D eigenvalue weighted by Gasteiger charge is 2.33. The van der Waals surface area contributed by atoms with Crippen molar-refractivity contribution in [1.29, 1.82) is 0 Å². The molecule has 0 atom stereocenters. The quantitative estimate of drug-likeness (QED) is 0.336. The average molecular weight is 546 g/mol. The van der Waals surface area contributed by atoms with Gasteiger partial charge >= 0.3 is 12.1 Å². The van der Waals surface area contributed by atoms with Crippen LogP contribution in [0, 0.1) is 11.8 Å². The summed E-state index contributed by atoms with van der Waals surface area (Å²) in [6, 6.07) is 21.7. The van der Waals surface area contributed by atoms with Gasteiger partial charge in [-0.1, -0.05) is 94.3 Å². The van der Waals surface area contributed by atoms with E-state index in [-0.39, 0.29) is 12.7 Å². The smallest absolute Gasteiger partial charge is 0.410 e. The first-order valence-electron chi connectivity index (χ1n) is 14.1. The lowest BCUT2D eigenvalue weighted by molar-refractivity contribution is 0.0701. The van der Waals surface area contributed by atoms with Crippen molar-refractivity contribution in [3.05, 3.63) is 88.3 Å². The number of amides is 1. The molecule has 5 nitrogen and oxygen atoms in total. The minimum Gasteiger partial charge on any atom is -0.477 e. The van der Waals surface area contributed by atoms with Gasteiger partial charge in [-0.05, 0) is 59.4 Å². The molecule has 1 saturated carbocycles. The van der Waals surface area contributed by atoms with Crippen molar-refractivity contribution in [2.24, 2.45) is 11.8 Å². The molecule has 2 heterocycles. The van der Waals surface area contributed by atoms with Crippen LogP contribution in [0.2, 0.25) is 0 Å². The zero-order valence-electron chi connectivity index (χ0n) is 23.2. The predicted octanol–water partition coefficient (Wildman–Crippen LogP) is 8.76. The fourth-order valence-corrected chi connectivity index (χ4v) is 6.59. The lowest BCUT2D eigenvalue weighted by atomic mass is 9.75. The molecule has 2 aliphatic rings. The van der Waals surface area contributed by atoms with Crippen LogP contribution in [0.3, 0.4) is 0 Å². The van der Waals surface area contributed by atoms with Crippen molar-refractivity contribution in [1.82, 2.24) is 4.90 Å². The minimum absolute atomic E-state index is 0.247. The third-order valence-electron chi connectivity index (χ3n) is 7.66. The van der Waals surface area contributed by atoms with E-state index >= 15 is 0 Å². The number of carbonyl (C=O) groups excluding carboxylic acids is 1. The molecule has 206 valence electrons. The number of nitrogens with zero attached hydrogens (tertiary/aromatic N) is 1. The summed E-state index contributed by atoms with van der Waals surface area (Å²) in [5.74, 6) is 0.171. The summed E-state index contributed by atoms with van der Waals surface area (Å²) in [5.41, 5.74) is 5.14. The summed E-state index contributed by atoms with van der Waals surface area (Å²) in [7, 11) is 0. The molecule has 3 aromatic rings. The van der Waals surface area contributed by atoms with E-state index in [1.54, 1.807) is 4.90 Å². The third kappa shape index (κ3) is 6.99. The molecule has 0 unspecified atom stereocenters. The Bertz CT molecular complexity index is 1270. The Kier molecular flexibility index (Phi) is 9.99. The molecule has 39 heavy (non-hydrogen) atoms. The number of carboxylic acid groups (broad SMARTS) is 1. The van der Waals surface area contributed by atoms with E-state index < -0.39 is 5.97 Å². The second-order valence-electron chi connectivity index (χ2n) is 10.2. The lowest BCUT2D eigenvalue weighted by Gasteiger charge is -2.36. The molecular formula is C33H39NO4S. The number of thiophene rings is 1. The van der Waals surface area contributed by atoms with E-state index in [0.29, 0.717) is 36.2 Å². The highest BCUT2D eigenvalue weighted by molar-refractivity contribution is 7.17. The van der Waals surface area contributed by atoms with Crippen LogP contribution in [-0.4, -0.2) is 35.2 Å². The second kappa shape index (κ2) is 13.6. The van der Waals surface area contributed by atoms with Crippen LogP contribution in [0.4, 0.5) is 4.79 Å². The van der Waals surface area contributed by atoms with Crippen LogP contribution in [0.25, 0.3) is 16.0 Å². The van der Waals surface area contributed by atoms with Crippen LogP contribution in [-0.2, 0) is 11.3 Å². The highest BCUT2D eigenvalue weighted by atomic mass is 32.1. The van der Waals surface area contributed by atoms with Crippen LogP contribution < -0.4 is 0 Å². The van der Waals surface area contributed by atoms with Gasteiger partial charge in [0, 0.05) is 23.5 Å². The summed E-state index contributed by atoms with van der Waals surface area (Å²) in [6.07, 6.45) is 4.79. The van der Waals surface area contributed by atoms with E-state index in [1.165, 1.54) is 16.9 Å². The average Bonchev–Trinajstić information content (AvgIpc) is 3.44. The van der Waals surface area contributed by atoms with Gasteiger partial charge in [0.2, 0.25) is 0 Å². The predicted molar refractivity (Wildman–Crippen MR) is 159 cm³/mol. The third-order valence-corrected chi connectivity index (χ3v) is 8.83. The topological polar surface area (TPSA) is 66.8 Å². The first kappa shape index (κ1) is 28.6. The van der Waals surface area contributed by atoms with Crippen molar-refractivity contribution in [2.75, 3.05) is 13.1 Å². The normalized spacial score (nSPS) is 19.2. The molecule has 0 bridgehead atoms. The largest absolute Gasteiger partial charge is 0.477 e. The number of aromatic carboxylic acids is 1. The Morgan fingerprint density at radius 3 is 2.26 bits per heavy atom. The molecule has 0 radical (unpaired) electrons. The Hall–Kier alpha value is -3.38. The first-order valence-corrected chi connectivity index (χ1v) is 14.9. The number of rotatable bonds is 6. The van der Waals surface area contributed by atoms with Crippen molar-refractivity contribution in [2.45, 2.75) is 59.5 Å². The Labute approximate surface area is 236 Å². The van der Waals surface area contributed by atoms with Gasteiger partial charge in [0.1, 0.15) is 11.5 Å². The molecule has 5 rings (SSSR count). The van der Waals surface area contributed by atoms with Gasteiger partial charge in [0.15, 0.2) is 0 Å². The number of hydrogen-bond donors (Lipinski definition) is 1. The fraction of sp³-hybridized carbons (Fsp3) is 0.394. The number of benzene rings is 2. The Balaban J connectivity index is 0.00000172. The molecule has 1 fully saturated rings. The molecule has 1 amide bonds. The molecule has 2 aromatic carbocycles. The monoisotopic (exact) mass is 545 g/mol. The van der Waals surface area contributed by atoms with Crippen LogP contribution >= 0.6 is 11.3 Å². The molecule has 1 aliphatic heterocycles. The van der Waals surface area contributed by atoms with E-state index in [4.69, 9.17) is 4.74 Å². The maximum absolute atomic E-state index is 13.0. The summed E-state index contributed by atoms with van der Waals surface area (Å²) in [4.78, 5) is 28.5. The molecular weight excluding hydrogens is 506 g/mol. The maximum atomic E-state index is 13.0. The van der Waals surface area contributed by atoms with Gasteiger partial charge in [-0.25, -0.2) is 9.59 Å². The van der Waals surface area contributed by atoms with E-state index in [0.717, 1.165) is 52.8 Å². The molecule has 0 saturated heterocycles.